The molecule has 1 heterocycles. The van der Waals surface area contributed by atoms with Crippen LogP contribution in [0.5, 0.6) is 5.75 Å². The largest absolute Gasteiger partial charge is 0.496 e. The molecule has 0 bridgehead atoms. The molecule has 2 atom stereocenters. The first-order valence-corrected chi connectivity index (χ1v) is 6.62. The summed E-state index contributed by atoms with van der Waals surface area (Å²) in [7, 11) is 1.46. The summed E-state index contributed by atoms with van der Waals surface area (Å²) >= 11 is 3.12. The van der Waals surface area contributed by atoms with Crippen LogP contribution in [0.15, 0.2) is 16.6 Å². The zero-order chi connectivity index (χ0) is 13.3. The Bertz CT molecular complexity index is 444. The zero-order valence-corrected chi connectivity index (χ0v) is 12.0. The van der Waals surface area contributed by atoms with Crippen LogP contribution in [0.2, 0.25) is 0 Å². The molecule has 5 heteroatoms. The molecule has 3 nitrogen and oxygen atoms in total. The molecule has 0 aliphatic carbocycles. The van der Waals surface area contributed by atoms with Gasteiger partial charge in [-0.1, -0.05) is 0 Å². The molecule has 1 N–H and O–H groups in total. The Morgan fingerprint density at radius 1 is 1.56 bits per heavy atom. The van der Waals surface area contributed by atoms with E-state index in [1.807, 2.05) is 6.92 Å². The predicted octanol–water partition coefficient (Wildman–Crippen LogP) is 3.20. The molecule has 1 fully saturated rings. The molecule has 0 aromatic heterocycles. The van der Waals surface area contributed by atoms with Gasteiger partial charge in [0.1, 0.15) is 17.7 Å². The molecule has 18 heavy (non-hydrogen) atoms. The van der Waals surface area contributed by atoms with Crippen molar-refractivity contribution in [2.45, 2.75) is 31.5 Å². The molecule has 1 aliphatic heterocycles. The van der Waals surface area contributed by atoms with Gasteiger partial charge in [0.15, 0.2) is 0 Å². The maximum absolute atomic E-state index is 13.4. The van der Waals surface area contributed by atoms with Gasteiger partial charge in [0.05, 0.1) is 17.2 Å². The van der Waals surface area contributed by atoms with Crippen molar-refractivity contribution in [3.05, 3.63) is 28.0 Å². The number of aliphatic hydroxyl groups is 1. The van der Waals surface area contributed by atoms with Crippen LogP contribution in [0.25, 0.3) is 0 Å². The van der Waals surface area contributed by atoms with Crippen LogP contribution in [0.3, 0.4) is 0 Å². The van der Waals surface area contributed by atoms with Gasteiger partial charge in [-0.15, -0.1) is 0 Å². The number of methoxy groups -OCH3 is 1. The molecule has 0 saturated carbocycles. The minimum atomic E-state index is -0.841. The third kappa shape index (κ3) is 2.39. The lowest BCUT2D eigenvalue weighted by Crippen LogP contribution is -2.32. The van der Waals surface area contributed by atoms with Crippen LogP contribution in [0.1, 0.15) is 31.4 Å². The number of hydrogen-bond acceptors (Lipinski definition) is 3. The second-order valence-corrected chi connectivity index (χ2v) is 5.53. The fourth-order valence-corrected chi connectivity index (χ4v) is 2.64. The minimum Gasteiger partial charge on any atom is -0.496 e. The Hall–Kier alpha value is -0.650. The molecular formula is C13H16BrFO3. The van der Waals surface area contributed by atoms with Crippen molar-refractivity contribution in [1.29, 1.82) is 0 Å². The Morgan fingerprint density at radius 3 is 2.83 bits per heavy atom. The SMILES string of the molecule is COc1cc(F)c(Br)cc1C(O)C1(C)CCCO1. The van der Waals surface area contributed by atoms with E-state index in [1.165, 1.54) is 13.2 Å². The molecule has 0 amide bonds. The molecule has 100 valence electrons. The summed E-state index contributed by atoms with van der Waals surface area (Å²) in [5, 5.41) is 10.5. The standard InChI is InChI=1S/C13H16BrFO3/c1-13(4-3-5-18-13)12(16)8-6-9(14)10(15)7-11(8)17-2/h6-7,12,16H,3-5H2,1-2H3. The second kappa shape index (κ2) is 5.15. The van der Waals surface area contributed by atoms with E-state index in [0.717, 1.165) is 12.8 Å². The van der Waals surface area contributed by atoms with Gasteiger partial charge in [-0.3, -0.25) is 0 Å². The van der Waals surface area contributed by atoms with Crippen LogP contribution in [0, 0.1) is 5.82 Å². The molecular weight excluding hydrogens is 303 g/mol. The zero-order valence-electron chi connectivity index (χ0n) is 10.4. The molecule has 2 rings (SSSR count). The van der Waals surface area contributed by atoms with Crippen molar-refractivity contribution < 1.29 is 19.0 Å². The summed E-state index contributed by atoms with van der Waals surface area (Å²) < 4.78 is 24.5. The Morgan fingerprint density at radius 2 is 2.28 bits per heavy atom. The molecule has 1 aromatic rings. The van der Waals surface area contributed by atoms with Gasteiger partial charge in [-0.2, -0.15) is 0 Å². The average molecular weight is 319 g/mol. The number of hydrogen-bond donors (Lipinski definition) is 1. The summed E-state index contributed by atoms with van der Waals surface area (Å²) in [5.41, 5.74) is -0.0972. The summed E-state index contributed by atoms with van der Waals surface area (Å²) in [4.78, 5) is 0. The molecule has 1 aliphatic rings. The van der Waals surface area contributed by atoms with Crippen molar-refractivity contribution in [3.8, 4) is 5.75 Å². The normalized spacial score (nSPS) is 25.2. The number of halogens is 2. The van der Waals surface area contributed by atoms with Crippen LogP contribution in [-0.2, 0) is 4.74 Å². The van der Waals surface area contributed by atoms with E-state index < -0.39 is 17.5 Å². The monoisotopic (exact) mass is 318 g/mol. The average Bonchev–Trinajstić information content (AvgIpc) is 2.79. The lowest BCUT2D eigenvalue weighted by atomic mass is 9.90. The van der Waals surface area contributed by atoms with Gasteiger partial charge in [-0.25, -0.2) is 4.39 Å². The second-order valence-electron chi connectivity index (χ2n) is 4.68. The van der Waals surface area contributed by atoms with E-state index in [0.29, 0.717) is 22.4 Å². The van der Waals surface area contributed by atoms with Gasteiger partial charge in [0.25, 0.3) is 0 Å². The Kier molecular flexibility index (Phi) is 3.94. The van der Waals surface area contributed by atoms with Crippen LogP contribution < -0.4 is 4.74 Å². The first kappa shape index (κ1) is 13.8. The third-order valence-corrected chi connectivity index (χ3v) is 4.00. The fraction of sp³-hybridized carbons (Fsp3) is 0.538. The van der Waals surface area contributed by atoms with E-state index in [-0.39, 0.29) is 0 Å². The van der Waals surface area contributed by atoms with Gasteiger partial charge in [0.2, 0.25) is 0 Å². The summed E-state index contributed by atoms with van der Waals surface area (Å²) in [5.74, 6) is -0.0831. The van der Waals surface area contributed by atoms with Crippen molar-refractivity contribution in [2.75, 3.05) is 13.7 Å². The van der Waals surface area contributed by atoms with Crippen molar-refractivity contribution in [3.63, 3.8) is 0 Å². The number of aliphatic hydroxyl groups excluding tert-OH is 1. The summed E-state index contributed by atoms with van der Waals surface area (Å²) in [6.45, 7) is 2.50. The molecule has 1 aromatic carbocycles. The van der Waals surface area contributed by atoms with Crippen LogP contribution >= 0.6 is 15.9 Å². The van der Waals surface area contributed by atoms with Crippen molar-refractivity contribution >= 4 is 15.9 Å². The van der Waals surface area contributed by atoms with Crippen molar-refractivity contribution in [1.82, 2.24) is 0 Å². The highest BCUT2D eigenvalue weighted by Gasteiger charge is 2.39. The quantitative estimate of drug-likeness (QED) is 0.930. The number of rotatable bonds is 3. The number of benzene rings is 1. The van der Waals surface area contributed by atoms with Gasteiger partial charge in [-0.05, 0) is 41.8 Å². The molecule has 0 radical (unpaired) electrons. The summed E-state index contributed by atoms with van der Waals surface area (Å²) in [6.07, 6.45) is 0.844. The van der Waals surface area contributed by atoms with Gasteiger partial charge in [0, 0.05) is 18.2 Å². The van der Waals surface area contributed by atoms with Gasteiger partial charge < -0.3 is 14.6 Å². The predicted molar refractivity (Wildman–Crippen MR) is 69.2 cm³/mol. The Balaban J connectivity index is 2.40. The van der Waals surface area contributed by atoms with E-state index in [9.17, 15) is 9.50 Å². The van der Waals surface area contributed by atoms with Gasteiger partial charge >= 0.3 is 0 Å². The summed E-state index contributed by atoms with van der Waals surface area (Å²) in [6, 6.07) is 2.81. The Labute approximate surface area is 114 Å². The first-order valence-electron chi connectivity index (χ1n) is 5.83. The molecule has 1 saturated heterocycles. The smallest absolute Gasteiger partial charge is 0.141 e. The lowest BCUT2D eigenvalue weighted by Gasteiger charge is -2.30. The minimum absolute atomic E-state index is 0.305. The van der Waals surface area contributed by atoms with Crippen LogP contribution in [0.4, 0.5) is 4.39 Å². The lowest BCUT2D eigenvalue weighted by molar-refractivity contribution is -0.0803. The van der Waals surface area contributed by atoms with E-state index >= 15 is 0 Å². The highest BCUT2D eigenvalue weighted by molar-refractivity contribution is 9.10. The van der Waals surface area contributed by atoms with E-state index in [1.54, 1.807) is 6.07 Å². The maximum Gasteiger partial charge on any atom is 0.141 e. The van der Waals surface area contributed by atoms with E-state index in [4.69, 9.17) is 9.47 Å². The number of ether oxygens (including phenoxy) is 2. The van der Waals surface area contributed by atoms with E-state index in [2.05, 4.69) is 15.9 Å². The molecule has 2 unspecified atom stereocenters. The third-order valence-electron chi connectivity index (χ3n) is 3.39. The van der Waals surface area contributed by atoms with Crippen molar-refractivity contribution in [2.24, 2.45) is 0 Å². The fourth-order valence-electron chi connectivity index (χ4n) is 2.28. The highest BCUT2D eigenvalue weighted by Crippen LogP contribution is 2.41. The topological polar surface area (TPSA) is 38.7 Å². The highest BCUT2D eigenvalue weighted by atomic mass is 79.9. The van der Waals surface area contributed by atoms with Crippen LogP contribution in [-0.4, -0.2) is 24.4 Å². The maximum atomic E-state index is 13.4. The molecule has 0 spiro atoms. The first-order chi connectivity index (χ1) is 8.48.